The highest BCUT2D eigenvalue weighted by molar-refractivity contribution is 5.85. The maximum atomic E-state index is 12.2. The van der Waals surface area contributed by atoms with Crippen molar-refractivity contribution in [3.8, 4) is 0 Å². The van der Waals surface area contributed by atoms with Gasteiger partial charge in [0.15, 0.2) is 0 Å². The molecule has 0 saturated carbocycles. The molecule has 0 spiro atoms. The third-order valence-electron chi connectivity index (χ3n) is 3.38. The summed E-state index contributed by atoms with van der Waals surface area (Å²) in [5.74, 6) is -0.0462. The molecule has 1 aliphatic heterocycles. The van der Waals surface area contributed by atoms with E-state index >= 15 is 0 Å². The van der Waals surface area contributed by atoms with Gasteiger partial charge in [-0.05, 0) is 26.3 Å². The van der Waals surface area contributed by atoms with E-state index in [2.05, 4.69) is 0 Å². The van der Waals surface area contributed by atoms with Gasteiger partial charge < -0.3 is 9.64 Å². The summed E-state index contributed by atoms with van der Waals surface area (Å²) < 4.78 is 5.71. The third kappa shape index (κ3) is 2.84. The van der Waals surface area contributed by atoms with Crippen molar-refractivity contribution >= 4 is 11.7 Å². The lowest BCUT2D eigenvalue weighted by molar-refractivity contribution is -0.138. The highest BCUT2D eigenvalue weighted by atomic mass is 16.5. The van der Waals surface area contributed by atoms with E-state index in [0.717, 1.165) is 5.56 Å². The number of ether oxygens (including phenoxy) is 1. The Morgan fingerprint density at radius 1 is 1.37 bits per heavy atom. The smallest absolute Gasteiger partial charge is 0.254 e. The van der Waals surface area contributed by atoms with Crippen molar-refractivity contribution in [2.24, 2.45) is 0 Å². The van der Waals surface area contributed by atoms with Crippen molar-refractivity contribution in [2.75, 3.05) is 0 Å². The summed E-state index contributed by atoms with van der Waals surface area (Å²) >= 11 is 0. The number of benzene rings is 1. The summed E-state index contributed by atoms with van der Waals surface area (Å²) in [7, 11) is 0. The third-order valence-corrected chi connectivity index (χ3v) is 3.38. The predicted molar refractivity (Wildman–Crippen MR) is 71.2 cm³/mol. The standard InChI is InChI=1S/C15H19NO3/c1-11(17)9-15(3)16(14(18)12(2)19-15)10-13-7-5-4-6-8-13/h4-8,12H,9-10H2,1-3H3/t12-,15+/m1/s1. The second-order valence-electron chi connectivity index (χ2n) is 5.22. The predicted octanol–water partition coefficient (Wildman–Crippen LogP) is 2.13. The van der Waals surface area contributed by atoms with Gasteiger partial charge in [0.25, 0.3) is 5.91 Å². The summed E-state index contributed by atoms with van der Waals surface area (Å²) in [4.78, 5) is 25.3. The van der Waals surface area contributed by atoms with Crippen molar-refractivity contribution in [3.63, 3.8) is 0 Å². The number of Topliss-reactive ketones (excluding diaryl/α,β-unsaturated/α-hetero) is 1. The Balaban J connectivity index is 2.23. The van der Waals surface area contributed by atoms with Gasteiger partial charge in [-0.1, -0.05) is 30.3 Å². The van der Waals surface area contributed by atoms with E-state index in [-0.39, 0.29) is 18.1 Å². The van der Waals surface area contributed by atoms with Crippen molar-refractivity contribution < 1.29 is 14.3 Å². The van der Waals surface area contributed by atoms with Gasteiger partial charge in [-0.25, -0.2) is 0 Å². The van der Waals surface area contributed by atoms with Crippen LogP contribution in [0.3, 0.4) is 0 Å². The van der Waals surface area contributed by atoms with Gasteiger partial charge in [0.2, 0.25) is 0 Å². The highest BCUT2D eigenvalue weighted by Crippen LogP contribution is 2.32. The zero-order valence-electron chi connectivity index (χ0n) is 11.6. The van der Waals surface area contributed by atoms with Crippen molar-refractivity contribution in [2.45, 2.75) is 45.6 Å². The Morgan fingerprint density at radius 3 is 2.58 bits per heavy atom. The zero-order valence-corrected chi connectivity index (χ0v) is 11.6. The molecule has 2 atom stereocenters. The molecule has 0 aliphatic carbocycles. The normalized spacial score (nSPS) is 26.8. The molecule has 19 heavy (non-hydrogen) atoms. The van der Waals surface area contributed by atoms with Gasteiger partial charge in [-0.3, -0.25) is 9.59 Å². The largest absolute Gasteiger partial charge is 0.343 e. The van der Waals surface area contributed by atoms with Gasteiger partial charge in [-0.2, -0.15) is 0 Å². The van der Waals surface area contributed by atoms with Crippen LogP contribution in [0.1, 0.15) is 32.8 Å². The number of hydrogen-bond donors (Lipinski definition) is 0. The van der Waals surface area contributed by atoms with E-state index in [1.165, 1.54) is 6.92 Å². The Hall–Kier alpha value is -1.68. The van der Waals surface area contributed by atoms with Crippen LogP contribution in [0, 0.1) is 0 Å². The van der Waals surface area contributed by atoms with Crippen molar-refractivity contribution in [1.82, 2.24) is 4.90 Å². The van der Waals surface area contributed by atoms with Gasteiger partial charge in [0.05, 0.1) is 6.42 Å². The summed E-state index contributed by atoms with van der Waals surface area (Å²) in [5.41, 5.74) is 0.196. The minimum Gasteiger partial charge on any atom is -0.343 e. The van der Waals surface area contributed by atoms with Crippen LogP contribution < -0.4 is 0 Å². The molecule has 1 aromatic rings. The second-order valence-corrected chi connectivity index (χ2v) is 5.22. The van der Waals surface area contributed by atoms with Crippen LogP contribution in [0.25, 0.3) is 0 Å². The lowest BCUT2D eigenvalue weighted by Crippen LogP contribution is -2.45. The number of hydrogen-bond acceptors (Lipinski definition) is 3. The first kappa shape index (κ1) is 13.7. The molecule has 0 unspecified atom stereocenters. The Labute approximate surface area is 113 Å². The fraction of sp³-hybridized carbons (Fsp3) is 0.467. The van der Waals surface area contributed by atoms with Gasteiger partial charge in [0.1, 0.15) is 17.6 Å². The lowest BCUT2D eigenvalue weighted by atomic mass is 10.1. The molecule has 102 valence electrons. The van der Waals surface area contributed by atoms with Crippen LogP contribution in [-0.2, 0) is 20.9 Å². The van der Waals surface area contributed by atoms with Crippen LogP contribution in [0.2, 0.25) is 0 Å². The number of carbonyl (C=O) groups is 2. The van der Waals surface area contributed by atoms with E-state index in [1.807, 2.05) is 30.3 Å². The molecule has 1 saturated heterocycles. The monoisotopic (exact) mass is 261 g/mol. The maximum absolute atomic E-state index is 12.2. The average molecular weight is 261 g/mol. The van der Waals surface area contributed by atoms with Crippen LogP contribution in [0.15, 0.2) is 30.3 Å². The molecule has 4 nitrogen and oxygen atoms in total. The van der Waals surface area contributed by atoms with Crippen molar-refractivity contribution in [3.05, 3.63) is 35.9 Å². The van der Waals surface area contributed by atoms with Crippen LogP contribution in [0.5, 0.6) is 0 Å². The van der Waals surface area contributed by atoms with E-state index in [4.69, 9.17) is 4.74 Å². The average Bonchev–Trinajstić information content (AvgIpc) is 2.53. The van der Waals surface area contributed by atoms with Crippen LogP contribution in [-0.4, -0.2) is 28.4 Å². The first-order chi connectivity index (χ1) is 8.92. The highest BCUT2D eigenvalue weighted by Gasteiger charge is 2.47. The fourth-order valence-corrected chi connectivity index (χ4v) is 2.56. The second kappa shape index (κ2) is 5.13. The molecule has 1 heterocycles. The summed E-state index contributed by atoms with van der Waals surface area (Å²) in [6, 6.07) is 9.73. The molecule has 2 rings (SSSR count). The molecule has 0 radical (unpaired) electrons. The van der Waals surface area contributed by atoms with Gasteiger partial charge >= 0.3 is 0 Å². The van der Waals surface area contributed by atoms with Crippen molar-refractivity contribution in [1.29, 1.82) is 0 Å². The molecule has 0 bridgehead atoms. The SMILES string of the molecule is CC(=O)C[C@]1(C)O[C@H](C)C(=O)N1Cc1ccccc1. The zero-order chi connectivity index (χ0) is 14.0. The first-order valence-electron chi connectivity index (χ1n) is 6.45. The molecule has 0 N–H and O–H groups in total. The quantitative estimate of drug-likeness (QED) is 0.834. The molecular weight excluding hydrogens is 242 g/mol. The molecule has 1 amide bonds. The molecule has 1 aromatic carbocycles. The van der Waals surface area contributed by atoms with E-state index < -0.39 is 11.8 Å². The summed E-state index contributed by atoms with van der Waals surface area (Å²) in [6.07, 6.45) is -0.274. The maximum Gasteiger partial charge on any atom is 0.254 e. The summed E-state index contributed by atoms with van der Waals surface area (Å²) in [5, 5.41) is 0. The van der Waals surface area contributed by atoms with Crippen LogP contribution in [0.4, 0.5) is 0 Å². The molecule has 1 aliphatic rings. The first-order valence-corrected chi connectivity index (χ1v) is 6.45. The lowest BCUT2D eigenvalue weighted by Gasteiger charge is -2.33. The minimum atomic E-state index is -0.835. The van der Waals surface area contributed by atoms with E-state index in [0.29, 0.717) is 6.54 Å². The number of amides is 1. The molecular formula is C15H19NO3. The number of nitrogens with zero attached hydrogens (tertiary/aromatic N) is 1. The molecule has 1 fully saturated rings. The minimum absolute atomic E-state index is 0.0162. The number of rotatable bonds is 4. The Bertz CT molecular complexity index is 485. The molecule has 4 heteroatoms. The van der Waals surface area contributed by atoms with E-state index in [1.54, 1.807) is 18.7 Å². The van der Waals surface area contributed by atoms with Gasteiger partial charge in [0, 0.05) is 6.54 Å². The number of ketones is 1. The molecule has 0 aromatic heterocycles. The van der Waals surface area contributed by atoms with E-state index in [9.17, 15) is 9.59 Å². The topological polar surface area (TPSA) is 46.6 Å². The fourth-order valence-electron chi connectivity index (χ4n) is 2.56. The number of carbonyl (C=O) groups excluding carboxylic acids is 2. The summed E-state index contributed by atoms with van der Waals surface area (Å²) in [6.45, 7) is 5.51. The Morgan fingerprint density at radius 2 is 2.00 bits per heavy atom. The van der Waals surface area contributed by atoms with Crippen LogP contribution >= 0.6 is 0 Å². The van der Waals surface area contributed by atoms with Gasteiger partial charge in [-0.15, -0.1) is 0 Å². The Kier molecular flexibility index (Phi) is 3.71.